The third-order valence-corrected chi connectivity index (χ3v) is 6.70. The molecule has 0 spiro atoms. The monoisotopic (exact) mass is 451 g/mol. The van der Waals surface area contributed by atoms with E-state index in [-0.39, 0.29) is 0 Å². The van der Waals surface area contributed by atoms with Gasteiger partial charge >= 0.3 is 0 Å². The number of benzene rings is 4. The van der Waals surface area contributed by atoms with Crippen molar-refractivity contribution in [1.82, 2.24) is 0 Å². The molecule has 0 bridgehead atoms. The SMILES string of the molecule is [C-]#[N+]c1ccccc1-c1cccc(-c2cccc3c2oc2c(-c4cccc[n+]4C)c(C)ccc23)c1. The summed E-state index contributed by atoms with van der Waals surface area (Å²) in [6.45, 7) is 9.69. The van der Waals surface area contributed by atoms with Crippen molar-refractivity contribution in [3.05, 3.63) is 120 Å². The van der Waals surface area contributed by atoms with E-state index in [1.807, 2.05) is 36.4 Å². The first-order valence-electron chi connectivity index (χ1n) is 11.6. The molecular weight excluding hydrogens is 428 g/mol. The van der Waals surface area contributed by atoms with Crippen molar-refractivity contribution >= 4 is 27.6 Å². The van der Waals surface area contributed by atoms with E-state index in [4.69, 9.17) is 11.0 Å². The Morgan fingerprint density at radius 2 is 1.43 bits per heavy atom. The molecule has 0 saturated heterocycles. The maximum absolute atomic E-state index is 7.55. The molecule has 6 aromatic rings. The quantitative estimate of drug-likeness (QED) is 0.196. The number of fused-ring (bicyclic) bond motifs is 3. The lowest BCUT2D eigenvalue weighted by molar-refractivity contribution is -0.660. The molecule has 0 N–H and O–H groups in total. The summed E-state index contributed by atoms with van der Waals surface area (Å²) in [4.78, 5) is 3.71. The highest BCUT2D eigenvalue weighted by atomic mass is 16.3. The molecule has 0 aliphatic rings. The van der Waals surface area contributed by atoms with Crippen molar-refractivity contribution in [3.8, 4) is 33.5 Å². The van der Waals surface area contributed by atoms with Crippen molar-refractivity contribution in [3.63, 3.8) is 0 Å². The van der Waals surface area contributed by atoms with E-state index in [0.29, 0.717) is 5.69 Å². The number of para-hydroxylation sites is 2. The standard InChI is InChI=1S/C32H23N2O/c1-21-17-18-27-26-14-9-13-25(31(26)35-32(27)30(21)29-16-6-7-19-34(29)3)23-11-8-10-22(20-23)24-12-4-5-15-28(24)33-2/h4-20H,1,3H3/q+1. The van der Waals surface area contributed by atoms with Crippen molar-refractivity contribution in [1.29, 1.82) is 0 Å². The predicted molar refractivity (Wildman–Crippen MR) is 142 cm³/mol. The van der Waals surface area contributed by atoms with E-state index in [2.05, 4.69) is 90.2 Å². The van der Waals surface area contributed by atoms with Crippen molar-refractivity contribution < 1.29 is 8.98 Å². The lowest BCUT2D eigenvalue weighted by atomic mass is 9.96. The van der Waals surface area contributed by atoms with E-state index < -0.39 is 0 Å². The number of nitrogens with zero attached hydrogens (tertiary/aromatic N) is 2. The van der Waals surface area contributed by atoms with Gasteiger partial charge in [0.15, 0.2) is 11.9 Å². The molecule has 0 saturated carbocycles. The number of rotatable bonds is 3. The maximum atomic E-state index is 7.55. The Balaban J connectivity index is 1.60. The first-order valence-corrected chi connectivity index (χ1v) is 11.6. The predicted octanol–water partition coefficient (Wildman–Crippen LogP) is 8.27. The van der Waals surface area contributed by atoms with Crippen LogP contribution in [-0.4, -0.2) is 0 Å². The molecular formula is C32H23N2O+. The van der Waals surface area contributed by atoms with Gasteiger partial charge in [0.2, 0.25) is 5.69 Å². The Labute approximate surface area is 204 Å². The lowest BCUT2D eigenvalue weighted by Gasteiger charge is -2.08. The Hall–Kier alpha value is -4.68. The summed E-state index contributed by atoms with van der Waals surface area (Å²) in [5, 5.41) is 2.21. The molecule has 35 heavy (non-hydrogen) atoms. The van der Waals surface area contributed by atoms with Crippen molar-refractivity contribution in [2.75, 3.05) is 0 Å². The molecule has 166 valence electrons. The fraction of sp³-hybridized carbons (Fsp3) is 0.0625. The average Bonchev–Trinajstić information content (AvgIpc) is 3.28. The molecule has 0 atom stereocenters. The molecule has 0 amide bonds. The Bertz CT molecular complexity index is 1790. The van der Waals surface area contributed by atoms with Crippen LogP contribution in [0.2, 0.25) is 0 Å². The molecule has 2 heterocycles. The zero-order chi connectivity index (χ0) is 23.9. The van der Waals surface area contributed by atoms with Gasteiger partial charge in [0.05, 0.1) is 12.1 Å². The number of furan rings is 1. The van der Waals surface area contributed by atoms with Gasteiger partial charge < -0.3 is 4.42 Å². The maximum Gasteiger partial charge on any atom is 0.216 e. The fourth-order valence-electron chi connectivity index (χ4n) is 4.96. The summed E-state index contributed by atoms with van der Waals surface area (Å²) in [5.74, 6) is 0. The first-order chi connectivity index (χ1) is 17.2. The number of aryl methyl sites for hydroxylation is 2. The van der Waals surface area contributed by atoms with Crippen LogP contribution in [0.1, 0.15) is 5.56 Å². The zero-order valence-corrected chi connectivity index (χ0v) is 19.6. The molecule has 0 fully saturated rings. The summed E-state index contributed by atoms with van der Waals surface area (Å²) in [5.41, 5.74) is 9.93. The van der Waals surface area contributed by atoms with E-state index in [0.717, 1.165) is 55.4 Å². The van der Waals surface area contributed by atoms with Crippen molar-refractivity contribution in [2.45, 2.75) is 6.92 Å². The molecule has 6 rings (SSSR count). The molecule has 0 aliphatic heterocycles. The molecule has 4 aromatic carbocycles. The highest BCUT2D eigenvalue weighted by Crippen LogP contribution is 2.41. The second-order valence-corrected chi connectivity index (χ2v) is 8.83. The summed E-state index contributed by atoms with van der Waals surface area (Å²) in [6.07, 6.45) is 2.06. The van der Waals surface area contributed by atoms with Crippen LogP contribution >= 0.6 is 0 Å². The second-order valence-electron chi connectivity index (χ2n) is 8.83. The minimum atomic E-state index is 0.655. The van der Waals surface area contributed by atoms with Crippen LogP contribution in [0.25, 0.3) is 60.3 Å². The van der Waals surface area contributed by atoms with Gasteiger partial charge in [0, 0.05) is 28.5 Å². The molecule has 2 aromatic heterocycles. The Kier molecular flexibility index (Phi) is 4.94. The lowest BCUT2D eigenvalue weighted by Crippen LogP contribution is -2.30. The largest absolute Gasteiger partial charge is 0.454 e. The second kappa shape index (κ2) is 8.27. The molecule has 0 unspecified atom stereocenters. The summed E-state index contributed by atoms with van der Waals surface area (Å²) >= 11 is 0. The van der Waals surface area contributed by atoms with Crippen LogP contribution < -0.4 is 4.57 Å². The van der Waals surface area contributed by atoms with Gasteiger partial charge in [-0.1, -0.05) is 72.8 Å². The van der Waals surface area contributed by atoms with Gasteiger partial charge in [0.1, 0.15) is 18.2 Å². The van der Waals surface area contributed by atoms with Crippen LogP contribution in [0.4, 0.5) is 5.69 Å². The average molecular weight is 452 g/mol. The molecule has 3 nitrogen and oxygen atoms in total. The molecule has 3 heteroatoms. The van der Waals surface area contributed by atoms with E-state index in [1.54, 1.807) is 0 Å². The van der Waals surface area contributed by atoms with Crippen LogP contribution in [0.5, 0.6) is 0 Å². The molecule has 0 radical (unpaired) electrons. The van der Waals surface area contributed by atoms with Gasteiger partial charge in [-0.25, -0.2) is 9.41 Å². The summed E-state index contributed by atoms with van der Waals surface area (Å²) in [6, 6.07) is 33.0. The van der Waals surface area contributed by atoms with Gasteiger partial charge in [-0.3, -0.25) is 0 Å². The van der Waals surface area contributed by atoms with E-state index in [1.165, 1.54) is 5.56 Å². The van der Waals surface area contributed by atoms with Crippen LogP contribution in [0.15, 0.2) is 108 Å². The summed E-state index contributed by atoms with van der Waals surface area (Å²) < 4.78 is 8.82. The fourth-order valence-corrected chi connectivity index (χ4v) is 4.96. The number of hydrogen-bond acceptors (Lipinski definition) is 1. The third-order valence-electron chi connectivity index (χ3n) is 6.70. The van der Waals surface area contributed by atoms with Crippen LogP contribution in [0, 0.1) is 13.5 Å². The zero-order valence-electron chi connectivity index (χ0n) is 19.6. The minimum Gasteiger partial charge on any atom is -0.454 e. The normalized spacial score (nSPS) is 11.1. The number of hydrogen-bond donors (Lipinski definition) is 0. The van der Waals surface area contributed by atoms with Crippen LogP contribution in [0.3, 0.4) is 0 Å². The van der Waals surface area contributed by atoms with Crippen molar-refractivity contribution in [2.24, 2.45) is 7.05 Å². The topological polar surface area (TPSA) is 21.4 Å². The Morgan fingerprint density at radius 1 is 0.714 bits per heavy atom. The first kappa shape index (κ1) is 20.9. The minimum absolute atomic E-state index is 0.655. The summed E-state index contributed by atoms with van der Waals surface area (Å²) in [7, 11) is 2.06. The highest BCUT2D eigenvalue weighted by molar-refractivity contribution is 6.13. The smallest absolute Gasteiger partial charge is 0.216 e. The molecule has 0 aliphatic carbocycles. The number of pyridine rings is 1. The van der Waals surface area contributed by atoms with Gasteiger partial charge in [-0.2, -0.15) is 0 Å². The van der Waals surface area contributed by atoms with E-state index in [9.17, 15) is 0 Å². The van der Waals surface area contributed by atoms with E-state index >= 15 is 0 Å². The van der Waals surface area contributed by atoms with Gasteiger partial charge in [-0.15, -0.1) is 0 Å². The highest BCUT2D eigenvalue weighted by Gasteiger charge is 2.21. The third kappa shape index (κ3) is 3.39. The van der Waals surface area contributed by atoms with Gasteiger partial charge in [-0.05, 0) is 41.3 Å². The number of aromatic nitrogens is 1. The van der Waals surface area contributed by atoms with Gasteiger partial charge in [0.25, 0.3) is 0 Å². The van der Waals surface area contributed by atoms with Crippen LogP contribution in [-0.2, 0) is 7.05 Å². The Morgan fingerprint density at radius 3 is 2.26 bits per heavy atom.